The van der Waals surface area contributed by atoms with Gasteiger partial charge in [0.2, 0.25) is 0 Å². The summed E-state index contributed by atoms with van der Waals surface area (Å²) < 4.78 is 127. The van der Waals surface area contributed by atoms with E-state index in [0.717, 1.165) is 53.9 Å². The first kappa shape index (κ1) is 97.6. The number of fused-ring (bicyclic) bond motifs is 7. The molecule has 0 aliphatic heterocycles. The number of nitrogens with one attached hydrogen (secondary N) is 2. The van der Waals surface area contributed by atoms with E-state index in [9.17, 15) is 78.6 Å². The zero-order valence-electron chi connectivity index (χ0n) is 67.2. The van der Waals surface area contributed by atoms with Crippen molar-refractivity contribution < 1.29 is 96.9 Å². The number of hydrogen-bond donors (Lipinski definition) is 5. The van der Waals surface area contributed by atoms with Crippen LogP contribution in [0.1, 0.15) is 154 Å². The number of aromatic carboxylic acids is 1. The monoisotopic (exact) mass is 1880 g/mol. The zero-order chi connectivity index (χ0) is 91.7. The molecule has 0 atom stereocenters. The Morgan fingerprint density at radius 1 is 0.472 bits per heavy atom. The molecule has 10 heterocycles. The molecule has 0 aliphatic carbocycles. The average molecular weight is 1880 g/mol. The third-order valence-electron chi connectivity index (χ3n) is 17.2. The van der Waals surface area contributed by atoms with Crippen molar-refractivity contribution in [1.29, 1.82) is 5.26 Å². The number of Topliss-reactive ketones (excluding diaryl/α,β-unsaturated/α-hetero) is 4. The Kier molecular flexibility index (Phi) is 33.5. The van der Waals surface area contributed by atoms with Gasteiger partial charge in [0.1, 0.15) is 55.6 Å². The number of anilines is 3. The highest BCUT2D eigenvalue weighted by Crippen LogP contribution is 2.43. The quantitative estimate of drug-likeness (QED) is 0.0245. The van der Waals surface area contributed by atoms with E-state index in [1.165, 1.54) is 51.3 Å². The molecule has 658 valence electrons. The maximum absolute atomic E-state index is 13.9. The minimum atomic E-state index is -2.94. The SMILES string of the molecule is CC(=O)CC#N.CC(=O)c1c(-c2nc3ccccc3n2C(F)F)csc1N.CC(=O)c1c(-c2nc3ccccc3n2C(F)F)csc1NC(=O)c1cc2ccccc2o1.CC(=O)c1nc2ccccc2n1C(F)F.CC(C)(C)O.ClCCl.O=C(Cl)c1cc2ccccc2o1.O=C(Nc1scc(-c2nc3ccccc3n2C(F)F)c1C(=O)O)c1cc2ccccc2o1.S. The van der Waals surface area contributed by atoms with Crippen molar-refractivity contribution in [2.75, 3.05) is 21.7 Å². The number of nitrogens with zero attached hydrogens (tertiary/aromatic N) is 9. The number of aliphatic hydroxyl groups is 1. The van der Waals surface area contributed by atoms with Crippen molar-refractivity contribution >= 4 is 221 Å². The standard InChI is InChI=1S/C23H15F2N3O3S.C22H13F2N3O4S.C14H11F2N3OS.C10H8F2N2O.C9H5ClO2.C4H5NO.C4H10O.CH2Cl2.H2S/c1-12(29)19-14(20-26-15-7-3-4-8-16(15)28(20)23(24)25)11-32-22(19)27-21(30)18-10-13-6-2-5-9-17(13)31-18;23-22(24)27-14-7-3-2-6-13(14)25-18(27)12-10-32-20(17(12)21(29)30)26-19(28)16-9-11-5-1-4-8-15(11)31-16;1-7(20)11-8(6-21-12(11)17)13-18-9-4-2-3-5-10(9)19(13)14(15)16;1-6(15)9-13-7-4-2-3-5-8(7)14(9)10(11)12;10-9(11)8-5-6-3-1-2-4-7(6)12-8;1-4(6)2-3-5;1-4(2,3)5;2-1-3;/h2-11,23H,1H3,(H,27,30);1-10,22H,(H,26,28)(H,29,30);2-6,14H,17H2,1H3;2-5,10H,1H3;1-5H;2H2,1H3;5H,1-3H3;1H2;1H2. The number of benzene rings is 7. The molecule has 17 rings (SSSR count). The molecule has 127 heavy (non-hydrogen) atoms. The largest absolute Gasteiger partial charge is 0.478 e. The number of furan rings is 3. The number of nitrogen functional groups attached to an aromatic ring is 1. The fourth-order valence-corrected chi connectivity index (χ4v) is 15.0. The van der Waals surface area contributed by atoms with Gasteiger partial charge in [-0.05, 0) is 138 Å². The topological polar surface area (TPSA) is 362 Å². The molecule has 0 fully saturated rings. The van der Waals surface area contributed by atoms with Crippen LogP contribution >= 0.6 is 82.3 Å². The smallest absolute Gasteiger partial charge is 0.339 e. The van der Waals surface area contributed by atoms with Gasteiger partial charge in [0.05, 0.1) is 83.7 Å². The maximum atomic E-state index is 13.9. The number of imidazole rings is 4. The predicted molar refractivity (Wildman–Crippen MR) is 480 cm³/mol. The lowest BCUT2D eigenvalue weighted by molar-refractivity contribution is -0.116. The second-order valence-electron chi connectivity index (χ2n) is 27.3. The molecular formula is C87H71Cl3F8N12O13S4. The highest BCUT2D eigenvalue weighted by Gasteiger charge is 2.31. The summed E-state index contributed by atoms with van der Waals surface area (Å²) >= 11 is 17.9. The fraction of sp³-hybridized carbons (Fsp3) is 0.161. The Balaban J connectivity index is 0.000000178. The Labute approximate surface area is 748 Å². The summed E-state index contributed by atoms with van der Waals surface area (Å²) in [6, 6.07) is 53.9. The summed E-state index contributed by atoms with van der Waals surface area (Å²) in [5.74, 6) is -3.87. The van der Waals surface area contributed by atoms with Crippen molar-refractivity contribution in [2.24, 2.45) is 0 Å². The number of alkyl halides is 10. The molecule has 2 amide bonds. The number of carbonyl (C=O) groups excluding carboxylic acids is 7. The van der Waals surface area contributed by atoms with Crippen LogP contribution in [0, 0.1) is 11.3 Å². The lowest BCUT2D eigenvalue weighted by atomic mass is 10.1. The van der Waals surface area contributed by atoms with Crippen LogP contribution in [0.15, 0.2) is 217 Å². The molecule has 6 N–H and O–H groups in total. The number of rotatable bonds is 17. The van der Waals surface area contributed by atoms with Gasteiger partial charge in [-0.1, -0.05) is 103 Å². The normalized spacial score (nSPS) is 10.9. The second kappa shape index (κ2) is 43.6. The summed E-state index contributed by atoms with van der Waals surface area (Å²) in [5, 5.41) is 38.4. The van der Waals surface area contributed by atoms with Gasteiger partial charge < -0.3 is 39.8 Å². The molecule has 10 aromatic heterocycles. The minimum absolute atomic E-state index is 0. The van der Waals surface area contributed by atoms with Gasteiger partial charge in [0.15, 0.2) is 40.5 Å². The van der Waals surface area contributed by atoms with Gasteiger partial charge in [0, 0.05) is 55.9 Å². The average Bonchev–Trinajstić information content (AvgIpc) is 1.48. The van der Waals surface area contributed by atoms with E-state index < -0.39 is 60.6 Å². The molecule has 0 aliphatic rings. The number of halogens is 11. The second-order valence-corrected chi connectivity index (χ2v) is 31.1. The Hall–Kier alpha value is -13.2. The maximum Gasteiger partial charge on any atom is 0.339 e. The number of carbonyl (C=O) groups is 8. The van der Waals surface area contributed by atoms with Gasteiger partial charge in [-0.25, -0.2) is 24.7 Å². The van der Waals surface area contributed by atoms with Crippen molar-refractivity contribution in [3.63, 3.8) is 0 Å². The van der Waals surface area contributed by atoms with Crippen LogP contribution in [0.2, 0.25) is 0 Å². The molecule has 0 bridgehead atoms. The van der Waals surface area contributed by atoms with Crippen LogP contribution in [0.3, 0.4) is 0 Å². The van der Waals surface area contributed by atoms with Crippen molar-refractivity contribution in [3.8, 4) is 40.2 Å². The Morgan fingerprint density at radius 3 is 1.09 bits per heavy atom. The van der Waals surface area contributed by atoms with Crippen LogP contribution < -0.4 is 16.4 Å². The number of ketones is 4. The number of carboxylic acid groups (broad SMARTS) is 1. The summed E-state index contributed by atoms with van der Waals surface area (Å²) in [5.41, 5.74) is 10.2. The van der Waals surface area contributed by atoms with E-state index in [0.29, 0.717) is 69.4 Å². The highest BCUT2D eigenvalue weighted by atomic mass is 35.5. The molecule has 25 nitrogen and oxygen atoms in total. The fourth-order valence-electron chi connectivity index (χ4n) is 12.2. The summed E-state index contributed by atoms with van der Waals surface area (Å²) in [4.78, 5) is 110. The van der Waals surface area contributed by atoms with Gasteiger partial charge in [-0.2, -0.15) is 53.9 Å². The van der Waals surface area contributed by atoms with Crippen LogP contribution in [0.5, 0.6) is 0 Å². The molecule has 0 spiro atoms. The first-order valence-corrected chi connectivity index (χ1v) is 40.9. The van der Waals surface area contributed by atoms with E-state index in [-0.39, 0.29) is 138 Å². The van der Waals surface area contributed by atoms with Gasteiger partial charge in [0.25, 0.3) is 17.1 Å². The summed E-state index contributed by atoms with van der Waals surface area (Å²) in [6.45, 7) is -0.784. The Bertz CT molecular complexity index is 6580. The molecule has 0 saturated heterocycles. The number of para-hydroxylation sites is 11. The molecule has 0 unspecified atom stereocenters. The zero-order valence-corrected chi connectivity index (χ0v) is 72.9. The lowest BCUT2D eigenvalue weighted by Crippen LogP contribution is -2.13. The number of nitrogens with two attached hydrogens (primary N) is 1. The number of carboxylic acids is 1. The van der Waals surface area contributed by atoms with Crippen LogP contribution in [0.4, 0.5) is 50.1 Å². The molecule has 7 aromatic carbocycles. The van der Waals surface area contributed by atoms with Gasteiger partial charge >= 0.3 is 32.2 Å². The summed E-state index contributed by atoms with van der Waals surface area (Å²) in [7, 11) is 0. The van der Waals surface area contributed by atoms with E-state index in [2.05, 4.69) is 30.6 Å². The van der Waals surface area contributed by atoms with E-state index >= 15 is 0 Å². The Morgan fingerprint density at radius 2 is 0.772 bits per heavy atom. The molecule has 0 saturated carbocycles. The van der Waals surface area contributed by atoms with E-state index in [1.807, 2.05) is 30.3 Å². The molecule has 40 heteroatoms. The number of amides is 2. The number of hydrogen-bond acceptors (Lipinski definition) is 21. The number of thiophene rings is 3. The lowest BCUT2D eigenvalue weighted by Gasteiger charge is -2.09. The van der Waals surface area contributed by atoms with E-state index in [1.54, 1.807) is 177 Å². The third kappa shape index (κ3) is 23.7. The number of aromatic nitrogens is 8. The highest BCUT2D eigenvalue weighted by molar-refractivity contribution is 7.59. The van der Waals surface area contributed by atoms with Crippen LogP contribution in [-0.2, 0) is 4.79 Å². The van der Waals surface area contributed by atoms with Crippen molar-refractivity contribution in [2.45, 2.75) is 86.7 Å². The molecule has 0 radical (unpaired) electrons. The first-order valence-electron chi connectivity index (χ1n) is 36.8. The van der Waals surface area contributed by atoms with Gasteiger partial charge in [-0.3, -0.25) is 51.8 Å². The van der Waals surface area contributed by atoms with Crippen molar-refractivity contribution in [3.05, 3.63) is 244 Å². The molecule has 17 aromatic rings. The van der Waals surface area contributed by atoms with Crippen LogP contribution in [-0.4, -0.2) is 106 Å². The third-order valence-corrected chi connectivity index (χ3v) is 20.0. The minimum Gasteiger partial charge on any atom is -0.478 e. The van der Waals surface area contributed by atoms with E-state index in [4.69, 9.17) is 64.2 Å². The van der Waals surface area contributed by atoms with Gasteiger partial charge in [-0.15, -0.1) is 57.2 Å². The first-order chi connectivity index (χ1) is 59.9. The molecular weight excluding hydrogens is 1810 g/mol. The van der Waals surface area contributed by atoms with Crippen LogP contribution in [0.25, 0.3) is 111 Å². The number of nitriles is 1. The summed E-state index contributed by atoms with van der Waals surface area (Å²) in [6.07, 6.45) is 0.0417. The van der Waals surface area contributed by atoms with Crippen molar-refractivity contribution in [1.82, 2.24) is 38.2 Å². The predicted octanol–water partition coefficient (Wildman–Crippen LogP) is 24.4.